The molecule has 0 bridgehead atoms. The van der Waals surface area contributed by atoms with Crippen LogP contribution in [0.1, 0.15) is 19.3 Å². The topological polar surface area (TPSA) is 12.5 Å². The lowest BCUT2D eigenvalue weighted by molar-refractivity contribution is -0.0419. The molecule has 0 aliphatic carbocycles. The first-order valence-electron chi connectivity index (χ1n) is 2.97. The van der Waals surface area contributed by atoms with Crippen molar-refractivity contribution in [2.45, 2.75) is 19.3 Å². The van der Waals surface area contributed by atoms with Crippen LogP contribution in [0.5, 0.6) is 0 Å². The summed E-state index contributed by atoms with van der Waals surface area (Å²) < 4.78 is 4.84. The van der Waals surface area contributed by atoms with E-state index < -0.39 is 0 Å². The minimum absolute atomic E-state index is 1.07. The predicted octanol–water partition coefficient (Wildman–Crippen LogP) is 1.71. The van der Waals surface area contributed by atoms with Gasteiger partial charge in [-0.05, 0) is 12.8 Å². The van der Waals surface area contributed by atoms with Gasteiger partial charge in [-0.1, -0.05) is 6.42 Å². The lowest BCUT2D eigenvalue weighted by atomic mass is 10.2. The Kier molecular flexibility index (Phi) is 2.80. The Balaban J connectivity index is 2.13. The Labute approximate surface area is 58.2 Å². The van der Waals surface area contributed by atoms with E-state index in [4.69, 9.17) is 3.93 Å². The van der Waals surface area contributed by atoms with Crippen molar-refractivity contribution in [2.24, 2.45) is 0 Å². The number of nitrogens with zero attached hydrogens (tertiary/aromatic N) is 1. The Hall–Kier alpha value is 0.400. The number of hydrogen-bond acceptors (Lipinski definition) is 2. The molecule has 0 spiro atoms. The van der Waals surface area contributed by atoms with Gasteiger partial charge in [0.25, 0.3) is 0 Å². The van der Waals surface area contributed by atoms with E-state index in [0.717, 1.165) is 13.1 Å². The Morgan fingerprint density at radius 2 is 1.75 bits per heavy atom. The van der Waals surface area contributed by atoms with E-state index in [1.807, 2.05) is 5.06 Å². The maximum atomic E-state index is 4.84. The fraction of sp³-hybridized carbons (Fsp3) is 1.00. The highest BCUT2D eigenvalue weighted by molar-refractivity contribution is 9.05. The minimum Gasteiger partial charge on any atom is -0.220 e. The van der Waals surface area contributed by atoms with Crippen LogP contribution in [0.3, 0.4) is 0 Å². The smallest absolute Gasteiger partial charge is 0.125 e. The van der Waals surface area contributed by atoms with Crippen molar-refractivity contribution >= 4 is 16.3 Å². The average molecular weight is 180 g/mol. The van der Waals surface area contributed by atoms with Gasteiger partial charge in [0.1, 0.15) is 16.3 Å². The van der Waals surface area contributed by atoms with Gasteiger partial charge in [-0.3, -0.25) is 0 Å². The normalized spacial score (nSPS) is 23.6. The summed E-state index contributed by atoms with van der Waals surface area (Å²) in [5.74, 6) is 0. The van der Waals surface area contributed by atoms with Gasteiger partial charge >= 0.3 is 0 Å². The van der Waals surface area contributed by atoms with Gasteiger partial charge in [-0.15, -0.1) is 0 Å². The van der Waals surface area contributed by atoms with Gasteiger partial charge in [-0.25, -0.2) is 3.93 Å². The van der Waals surface area contributed by atoms with E-state index in [2.05, 4.69) is 16.3 Å². The van der Waals surface area contributed by atoms with Gasteiger partial charge < -0.3 is 0 Å². The maximum Gasteiger partial charge on any atom is 0.125 e. The molecule has 8 heavy (non-hydrogen) atoms. The lowest BCUT2D eigenvalue weighted by Gasteiger charge is -2.21. The van der Waals surface area contributed by atoms with E-state index in [9.17, 15) is 0 Å². The van der Waals surface area contributed by atoms with Crippen LogP contribution in [0, 0.1) is 0 Å². The van der Waals surface area contributed by atoms with E-state index in [-0.39, 0.29) is 0 Å². The minimum atomic E-state index is 1.07. The molecule has 1 aliphatic rings. The summed E-state index contributed by atoms with van der Waals surface area (Å²) in [7, 11) is 0. The Bertz CT molecular complexity index is 63.4. The molecule has 48 valence electrons. The summed E-state index contributed by atoms with van der Waals surface area (Å²) in [6, 6.07) is 0. The molecule has 1 rings (SSSR count). The molecule has 0 amide bonds. The second-order valence-electron chi connectivity index (χ2n) is 2.06. The average Bonchev–Trinajstić information content (AvgIpc) is 1.90. The molecule has 1 aliphatic heterocycles. The summed E-state index contributed by atoms with van der Waals surface area (Å²) in [5.41, 5.74) is 0. The van der Waals surface area contributed by atoms with Crippen LogP contribution in [0.4, 0.5) is 0 Å². The van der Waals surface area contributed by atoms with Crippen LogP contribution in [0.2, 0.25) is 0 Å². The van der Waals surface area contributed by atoms with Crippen molar-refractivity contribution in [3.05, 3.63) is 0 Å². The number of hydrogen-bond donors (Lipinski definition) is 0. The van der Waals surface area contributed by atoms with Crippen LogP contribution >= 0.6 is 16.3 Å². The molecule has 0 unspecified atom stereocenters. The standard InChI is InChI=1S/C5H10BrNO/c6-8-7-4-2-1-3-5-7/h1-5H2. The third-order valence-electron chi connectivity index (χ3n) is 1.41. The van der Waals surface area contributed by atoms with Gasteiger partial charge in [-0.2, -0.15) is 5.06 Å². The van der Waals surface area contributed by atoms with Crippen molar-refractivity contribution in [2.75, 3.05) is 13.1 Å². The van der Waals surface area contributed by atoms with E-state index in [1.165, 1.54) is 19.3 Å². The summed E-state index contributed by atoms with van der Waals surface area (Å²) in [5, 5.41) is 1.93. The molecule has 0 N–H and O–H groups in total. The van der Waals surface area contributed by atoms with Crippen LogP contribution in [0.15, 0.2) is 0 Å². The van der Waals surface area contributed by atoms with Crippen molar-refractivity contribution < 1.29 is 3.93 Å². The molecule has 1 fully saturated rings. The van der Waals surface area contributed by atoms with Crippen LogP contribution < -0.4 is 0 Å². The van der Waals surface area contributed by atoms with Crippen LogP contribution in [-0.4, -0.2) is 18.2 Å². The zero-order chi connectivity index (χ0) is 5.82. The van der Waals surface area contributed by atoms with Crippen molar-refractivity contribution in [3.8, 4) is 0 Å². The molecule has 2 nitrogen and oxygen atoms in total. The van der Waals surface area contributed by atoms with Gasteiger partial charge in [0.2, 0.25) is 0 Å². The highest BCUT2D eigenvalue weighted by Crippen LogP contribution is 2.09. The summed E-state index contributed by atoms with van der Waals surface area (Å²) in [4.78, 5) is 0. The number of hydroxylamine groups is 2. The zero-order valence-corrected chi connectivity index (χ0v) is 6.35. The molecule has 1 heterocycles. The van der Waals surface area contributed by atoms with Crippen molar-refractivity contribution in [1.29, 1.82) is 0 Å². The molecule has 3 heteroatoms. The lowest BCUT2D eigenvalue weighted by Crippen LogP contribution is -2.26. The van der Waals surface area contributed by atoms with Gasteiger partial charge in [0.05, 0.1) is 0 Å². The predicted molar refractivity (Wildman–Crippen MR) is 35.4 cm³/mol. The molecular weight excluding hydrogens is 170 g/mol. The fourth-order valence-corrected chi connectivity index (χ4v) is 1.22. The number of rotatable bonds is 1. The fourth-order valence-electron chi connectivity index (χ4n) is 0.934. The maximum absolute atomic E-state index is 4.84. The molecule has 0 aromatic heterocycles. The highest BCUT2D eigenvalue weighted by atomic mass is 79.9. The van der Waals surface area contributed by atoms with E-state index in [1.54, 1.807) is 0 Å². The third kappa shape index (κ3) is 1.73. The first-order valence-corrected chi connectivity index (χ1v) is 3.62. The van der Waals surface area contributed by atoms with Crippen LogP contribution in [-0.2, 0) is 3.93 Å². The second kappa shape index (κ2) is 3.43. The molecule has 0 radical (unpaired) electrons. The van der Waals surface area contributed by atoms with Crippen molar-refractivity contribution in [3.63, 3.8) is 0 Å². The second-order valence-corrected chi connectivity index (χ2v) is 2.35. The molecule has 0 saturated carbocycles. The summed E-state index contributed by atoms with van der Waals surface area (Å²) >= 11 is 2.94. The Morgan fingerprint density at radius 1 is 1.12 bits per heavy atom. The largest absolute Gasteiger partial charge is 0.220 e. The molecule has 0 atom stereocenters. The summed E-state index contributed by atoms with van der Waals surface area (Å²) in [6.07, 6.45) is 3.89. The quantitative estimate of drug-likeness (QED) is 0.609. The van der Waals surface area contributed by atoms with Crippen LogP contribution in [0.25, 0.3) is 0 Å². The molecule has 0 aromatic carbocycles. The highest BCUT2D eigenvalue weighted by Gasteiger charge is 2.07. The molecule has 1 saturated heterocycles. The van der Waals surface area contributed by atoms with Gasteiger partial charge in [0.15, 0.2) is 0 Å². The first-order chi connectivity index (χ1) is 3.93. The van der Waals surface area contributed by atoms with E-state index >= 15 is 0 Å². The number of halogens is 1. The Morgan fingerprint density at radius 3 is 2.12 bits per heavy atom. The first kappa shape index (κ1) is 6.52. The van der Waals surface area contributed by atoms with E-state index in [0.29, 0.717) is 0 Å². The van der Waals surface area contributed by atoms with Crippen molar-refractivity contribution in [1.82, 2.24) is 5.06 Å². The zero-order valence-electron chi connectivity index (χ0n) is 4.77. The third-order valence-corrected chi connectivity index (χ3v) is 1.82. The SMILES string of the molecule is BrON1CCCCC1. The summed E-state index contributed by atoms with van der Waals surface area (Å²) in [6.45, 7) is 2.15. The monoisotopic (exact) mass is 179 g/mol. The molecular formula is C5H10BrNO. The molecule has 0 aromatic rings. The number of piperidine rings is 1. The van der Waals surface area contributed by atoms with Gasteiger partial charge in [0, 0.05) is 13.1 Å².